The third kappa shape index (κ3) is 8.18. The average Bonchev–Trinajstić information content (AvgIpc) is 2.62. The zero-order valence-electron chi connectivity index (χ0n) is 17.0. The normalized spacial score (nSPS) is 13.3. The number of hydrogen-bond acceptors (Lipinski definition) is 2. The standard InChI is InChI=1S/2C8H10N.C8H12.Pt/c2*1-9(2)8-6-4-3-5-7-8;1-2-4-6-8-7-5-3-1;/h2*4-7H,1-2H3;1-2,7-8H,3-6H2;. The fraction of sp³-hybridized carbons (Fsp3) is 0.333. The van der Waals surface area contributed by atoms with Gasteiger partial charge in [-0.05, 0) is 25.7 Å². The van der Waals surface area contributed by atoms with Crippen LogP contribution in [-0.2, 0) is 18.6 Å². The molecule has 0 amide bonds. The summed E-state index contributed by atoms with van der Waals surface area (Å²) in [6.07, 6.45) is 14.0. The molecule has 148 valence electrons. The molecule has 2 aromatic rings. The summed E-state index contributed by atoms with van der Waals surface area (Å²) < 4.78 is 2.92. The van der Waals surface area contributed by atoms with Crippen molar-refractivity contribution < 1.29 is 18.6 Å². The molecule has 3 rings (SSSR count). The van der Waals surface area contributed by atoms with Crippen LogP contribution in [0.3, 0.4) is 0 Å². The van der Waals surface area contributed by atoms with Crippen molar-refractivity contribution in [2.75, 3.05) is 38.0 Å². The van der Waals surface area contributed by atoms with Gasteiger partial charge < -0.3 is 0 Å². The van der Waals surface area contributed by atoms with Gasteiger partial charge in [0.05, 0.1) is 0 Å². The number of rotatable bonds is 4. The van der Waals surface area contributed by atoms with E-state index in [1.165, 1.54) is 45.0 Å². The Morgan fingerprint density at radius 3 is 1.07 bits per heavy atom. The zero-order valence-corrected chi connectivity index (χ0v) is 19.2. The van der Waals surface area contributed by atoms with E-state index in [2.05, 4.69) is 111 Å². The minimum atomic E-state index is -0.0843. The van der Waals surface area contributed by atoms with Crippen molar-refractivity contribution in [1.82, 2.24) is 0 Å². The number of hydrogen-bond donors (Lipinski definition) is 0. The first kappa shape index (κ1) is 21.5. The monoisotopic (exact) mass is 543 g/mol. The van der Waals surface area contributed by atoms with Gasteiger partial charge in [-0.15, -0.1) is 0 Å². The van der Waals surface area contributed by atoms with Crippen molar-refractivity contribution in [2.45, 2.75) is 25.7 Å². The molecule has 0 unspecified atom stereocenters. The Kier molecular flexibility index (Phi) is 9.42. The predicted octanol–water partition coefficient (Wildman–Crippen LogP) is 4.52. The molecule has 0 atom stereocenters. The SMILES string of the molecule is C1=CCCC=CCC1.CN(C)c1cc[c]([Pt][c]2ccc(N(C)C)cc2)cc1. The summed E-state index contributed by atoms with van der Waals surface area (Å²) in [5.74, 6) is 0. The van der Waals surface area contributed by atoms with Crippen molar-refractivity contribution in [2.24, 2.45) is 0 Å². The number of allylic oxidation sites excluding steroid dienone is 4. The molecular formula is C24H32N2Pt. The van der Waals surface area contributed by atoms with Crippen LogP contribution in [0.15, 0.2) is 72.8 Å². The summed E-state index contributed by atoms with van der Waals surface area (Å²) in [6.45, 7) is 0. The van der Waals surface area contributed by atoms with E-state index in [-0.39, 0.29) is 18.6 Å². The molecule has 2 aromatic carbocycles. The quantitative estimate of drug-likeness (QED) is 0.524. The minimum absolute atomic E-state index is 0.0843. The van der Waals surface area contributed by atoms with E-state index < -0.39 is 0 Å². The molecule has 0 spiro atoms. The van der Waals surface area contributed by atoms with Crippen molar-refractivity contribution in [3.63, 3.8) is 0 Å². The van der Waals surface area contributed by atoms with Crippen LogP contribution in [-0.4, -0.2) is 28.2 Å². The van der Waals surface area contributed by atoms with Crippen LogP contribution in [0.1, 0.15) is 25.7 Å². The van der Waals surface area contributed by atoms with Crippen LogP contribution in [0.4, 0.5) is 11.4 Å². The molecule has 0 heterocycles. The van der Waals surface area contributed by atoms with Crippen LogP contribution in [0.2, 0.25) is 0 Å². The molecule has 0 saturated carbocycles. The third-order valence-corrected chi connectivity index (χ3v) is 6.99. The number of anilines is 2. The molecule has 0 radical (unpaired) electrons. The summed E-state index contributed by atoms with van der Waals surface area (Å²) >= 11 is -0.0843. The van der Waals surface area contributed by atoms with E-state index in [9.17, 15) is 0 Å². The van der Waals surface area contributed by atoms with Gasteiger partial charge >= 0.3 is 124 Å². The molecule has 0 aliphatic heterocycles. The summed E-state index contributed by atoms with van der Waals surface area (Å²) in [5.41, 5.74) is 2.52. The van der Waals surface area contributed by atoms with Gasteiger partial charge in [0.2, 0.25) is 0 Å². The molecule has 2 nitrogen and oxygen atoms in total. The fourth-order valence-corrected chi connectivity index (χ4v) is 4.80. The summed E-state index contributed by atoms with van der Waals surface area (Å²) in [4.78, 5) is 4.27. The van der Waals surface area contributed by atoms with Gasteiger partial charge in [0, 0.05) is 0 Å². The van der Waals surface area contributed by atoms with Crippen LogP contribution < -0.4 is 17.7 Å². The van der Waals surface area contributed by atoms with Gasteiger partial charge in [0.1, 0.15) is 0 Å². The van der Waals surface area contributed by atoms with E-state index in [0.717, 1.165) is 0 Å². The van der Waals surface area contributed by atoms with Crippen LogP contribution >= 0.6 is 0 Å². The predicted molar refractivity (Wildman–Crippen MR) is 118 cm³/mol. The van der Waals surface area contributed by atoms with Crippen molar-refractivity contribution in [3.8, 4) is 0 Å². The average molecular weight is 544 g/mol. The number of benzene rings is 2. The molecule has 0 saturated heterocycles. The molecule has 27 heavy (non-hydrogen) atoms. The second kappa shape index (κ2) is 11.8. The topological polar surface area (TPSA) is 6.48 Å². The Morgan fingerprint density at radius 2 is 0.815 bits per heavy atom. The van der Waals surface area contributed by atoms with Crippen LogP contribution in [0, 0.1) is 0 Å². The Labute approximate surface area is 174 Å². The third-order valence-electron chi connectivity index (χ3n) is 4.16. The second-order valence-electron chi connectivity index (χ2n) is 6.85. The van der Waals surface area contributed by atoms with E-state index in [1.54, 1.807) is 0 Å². The molecule has 3 heteroatoms. The molecule has 0 bridgehead atoms. The Morgan fingerprint density at radius 1 is 0.519 bits per heavy atom. The van der Waals surface area contributed by atoms with E-state index >= 15 is 0 Å². The maximum atomic E-state index is 2.27. The summed E-state index contributed by atoms with van der Waals surface area (Å²) in [6, 6.07) is 17.8. The van der Waals surface area contributed by atoms with E-state index in [0.29, 0.717) is 0 Å². The van der Waals surface area contributed by atoms with E-state index in [1.807, 2.05) is 0 Å². The molecular weight excluding hydrogens is 511 g/mol. The van der Waals surface area contributed by atoms with Gasteiger partial charge in [-0.2, -0.15) is 0 Å². The Hall–Kier alpha value is -1.79. The van der Waals surface area contributed by atoms with E-state index in [4.69, 9.17) is 0 Å². The van der Waals surface area contributed by atoms with Gasteiger partial charge in [0.25, 0.3) is 0 Å². The summed E-state index contributed by atoms with van der Waals surface area (Å²) in [7, 11) is 8.29. The van der Waals surface area contributed by atoms with Gasteiger partial charge in [-0.25, -0.2) is 0 Å². The molecule has 1 aliphatic rings. The summed E-state index contributed by atoms with van der Waals surface area (Å²) in [5, 5.41) is 0. The molecule has 0 N–H and O–H groups in total. The number of nitrogens with zero attached hydrogens (tertiary/aromatic N) is 2. The first-order valence-electron chi connectivity index (χ1n) is 9.49. The first-order valence-corrected chi connectivity index (χ1v) is 11.8. The van der Waals surface area contributed by atoms with Gasteiger partial charge in [-0.3, -0.25) is 0 Å². The molecule has 1 aliphatic carbocycles. The first-order chi connectivity index (χ1) is 13.1. The van der Waals surface area contributed by atoms with Crippen LogP contribution in [0.25, 0.3) is 0 Å². The molecule has 0 aromatic heterocycles. The fourth-order valence-electron chi connectivity index (χ4n) is 2.53. The maximum absolute atomic E-state index is 2.27. The Bertz CT molecular complexity index is 638. The van der Waals surface area contributed by atoms with Crippen molar-refractivity contribution >= 4 is 19.3 Å². The van der Waals surface area contributed by atoms with Crippen LogP contribution in [0.5, 0.6) is 0 Å². The van der Waals surface area contributed by atoms with Gasteiger partial charge in [-0.1, -0.05) is 24.3 Å². The molecule has 0 fully saturated rings. The van der Waals surface area contributed by atoms with Crippen molar-refractivity contribution in [1.29, 1.82) is 0 Å². The second-order valence-corrected chi connectivity index (χ2v) is 10.0. The van der Waals surface area contributed by atoms with Crippen molar-refractivity contribution in [3.05, 3.63) is 72.8 Å². The van der Waals surface area contributed by atoms with Gasteiger partial charge in [0.15, 0.2) is 0 Å². The zero-order chi connectivity index (χ0) is 19.5. The Balaban J connectivity index is 0.000000273.